The van der Waals surface area contributed by atoms with E-state index in [1.165, 1.54) is 5.56 Å². The van der Waals surface area contributed by atoms with E-state index in [1.54, 1.807) is 6.20 Å². The highest BCUT2D eigenvalue weighted by molar-refractivity contribution is 5.92. The number of hydrogen-bond acceptors (Lipinski definition) is 3. The van der Waals surface area contributed by atoms with E-state index in [0.29, 0.717) is 13.1 Å². The lowest BCUT2D eigenvalue weighted by molar-refractivity contribution is -0.119. The minimum Gasteiger partial charge on any atom is -0.323 e. The summed E-state index contributed by atoms with van der Waals surface area (Å²) in [6.07, 6.45) is 3.52. The molecular weight excluding hydrogens is 252 g/mol. The monoisotopic (exact) mass is 272 g/mol. The van der Waals surface area contributed by atoms with Crippen LogP contribution in [-0.2, 0) is 11.3 Å². The summed E-state index contributed by atoms with van der Waals surface area (Å²) in [5.74, 6) is -0.0731. The third-order valence-electron chi connectivity index (χ3n) is 3.05. The van der Waals surface area contributed by atoms with Gasteiger partial charge in [0.25, 0.3) is 0 Å². The first-order valence-corrected chi connectivity index (χ1v) is 6.71. The molecule has 0 spiro atoms. The maximum absolute atomic E-state index is 11.9. The van der Waals surface area contributed by atoms with Gasteiger partial charge >= 0.3 is 0 Å². The third-order valence-corrected chi connectivity index (χ3v) is 3.05. The van der Waals surface area contributed by atoms with Crippen molar-refractivity contribution in [2.45, 2.75) is 13.5 Å². The molecule has 0 bridgehead atoms. The lowest BCUT2D eigenvalue weighted by Gasteiger charge is -2.09. The SMILES string of the molecule is CNCC(C)C(=O)Nc1cnn(Cc2ccccc2)c1. The van der Waals surface area contributed by atoms with Crippen LogP contribution in [-0.4, -0.2) is 29.3 Å². The van der Waals surface area contributed by atoms with Gasteiger partial charge in [0.2, 0.25) is 5.91 Å². The van der Waals surface area contributed by atoms with Crippen LogP contribution in [0.1, 0.15) is 12.5 Å². The molecule has 1 atom stereocenters. The fourth-order valence-corrected chi connectivity index (χ4v) is 1.95. The molecule has 0 radical (unpaired) electrons. The molecule has 0 aliphatic carbocycles. The zero-order valence-corrected chi connectivity index (χ0v) is 11.8. The highest BCUT2D eigenvalue weighted by Gasteiger charge is 2.12. The Morgan fingerprint density at radius 2 is 2.10 bits per heavy atom. The Kier molecular flexibility index (Phi) is 4.90. The lowest BCUT2D eigenvalue weighted by Crippen LogP contribution is -2.28. The van der Waals surface area contributed by atoms with E-state index in [0.717, 1.165) is 5.69 Å². The Bertz CT molecular complexity index is 550. The van der Waals surface area contributed by atoms with E-state index in [2.05, 4.69) is 27.9 Å². The van der Waals surface area contributed by atoms with Crippen molar-refractivity contribution >= 4 is 11.6 Å². The van der Waals surface area contributed by atoms with Crippen molar-refractivity contribution < 1.29 is 4.79 Å². The van der Waals surface area contributed by atoms with Crippen LogP contribution < -0.4 is 10.6 Å². The quantitative estimate of drug-likeness (QED) is 0.842. The average Bonchev–Trinajstić information content (AvgIpc) is 2.87. The molecule has 0 saturated carbocycles. The largest absolute Gasteiger partial charge is 0.323 e. The van der Waals surface area contributed by atoms with E-state index in [1.807, 2.05) is 43.0 Å². The smallest absolute Gasteiger partial charge is 0.228 e. The normalized spacial score (nSPS) is 12.1. The molecule has 1 amide bonds. The van der Waals surface area contributed by atoms with Gasteiger partial charge in [0, 0.05) is 18.7 Å². The summed E-state index contributed by atoms with van der Waals surface area (Å²) in [6.45, 7) is 3.24. The maximum atomic E-state index is 11.9. The van der Waals surface area contributed by atoms with Gasteiger partial charge in [-0.15, -0.1) is 0 Å². The van der Waals surface area contributed by atoms with Crippen LogP contribution in [0.5, 0.6) is 0 Å². The molecule has 106 valence electrons. The second kappa shape index (κ2) is 6.86. The van der Waals surface area contributed by atoms with E-state index in [-0.39, 0.29) is 11.8 Å². The zero-order valence-electron chi connectivity index (χ0n) is 11.8. The second-order valence-corrected chi connectivity index (χ2v) is 4.86. The molecule has 0 fully saturated rings. The van der Waals surface area contributed by atoms with Gasteiger partial charge in [0.05, 0.1) is 18.4 Å². The molecule has 0 aliphatic rings. The highest BCUT2D eigenvalue weighted by atomic mass is 16.1. The van der Waals surface area contributed by atoms with Gasteiger partial charge in [-0.1, -0.05) is 37.3 Å². The van der Waals surface area contributed by atoms with Gasteiger partial charge in [0.1, 0.15) is 0 Å². The highest BCUT2D eigenvalue weighted by Crippen LogP contribution is 2.09. The Balaban J connectivity index is 1.94. The lowest BCUT2D eigenvalue weighted by atomic mass is 10.1. The van der Waals surface area contributed by atoms with Gasteiger partial charge in [-0.2, -0.15) is 5.10 Å². The molecular formula is C15H20N4O. The first-order valence-electron chi connectivity index (χ1n) is 6.71. The van der Waals surface area contributed by atoms with Crippen LogP contribution in [0.2, 0.25) is 0 Å². The fourth-order valence-electron chi connectivity index (χ4n) is 1.95. The van der Waals surface area contributed by atoms with E-state index < -0.39 is 0 Å². The third kappa shape index (κ3) is 3.93. The topological polar surface area (TPSA) is 59.0 Å². The number of nitrogens with zero attached hydrogens (tertiary/aromatic N) is 2. The van der Waals surface area contributed by atoms with Crippen molar-refractivity contribution in [3.8, 4) is 0 Å². The van der Waals surface area contributed by atoms with Crippen molar-refractivity contribution in [2.75, 3.05) is 18.9 Å². The molecule has 2 aromatic rings. The summed E-state index contributed by atoms with van der Waals surface area (Å²) >= 11 is 0. The van der Waals surface area contributed by atoms with Crippen LogP contribution in [0.15, 0.2) is 42.7 Å². The molecule has 0 aliphatic heterocycles. The van der Waals surface area contributed by atoms with Crippen LogP contribution in [0.3, 0.4) is 0 Å². The summed E-state index contributed by atoms with van der Waals surface area (Å²) in [7, 11) is 1.83. The number of rotatable bonds is 6. The maximum Gasteiger partial charge on any atom is 0.228 e. The summed E-state index contributed by atoms with van der Waals surface area (Å²) in [6, 6.07) is 10.1. The van der Waals surface area contributed by atoms with Gasteiger partial charge in [-0.3, -0.25) is 9.48 Å². The minimum absolute atomic E-state index is 0.00129. The van der Waals surface area contributed by atoms with E-state index in [9.17, 15) is 4.79 Å². The first kappa shape index (κ1) is 14.3. The molecule has 1 heterocycles. The number of aromatic nitrogens is 2. The van der Waals surface area contributed by atoms with Crippen molar-refractivity contribution in [2.24, 2.45) is 5.92 Å². The molecule has 1 aromatic heterocycles. The van der Waals surface area contributed by atoms with Crippen molar-refractivity contribution in [1.29, 1.82) is 0 Å². The number of hydrogen-bond donors (Lipinski definition) is 2. The predicted molar refractivity (Wildman–Crippen MR) is 79.5 cm³/mol. The number of anilines is 1. The van der Waals surface area contributed by atoms with Crippen molar-refractivity contribution in [3.63, 3.8) is 0 Å². The van der Waals surface area contributed by atoms with Crippen LogP contribution in [0, 0.1) is 5.92 Å². The molecule has 20 heavy (non-hydrogen) atoms. The fraction of sp³-hybridized carbons (Fsp3) is 0.333. The van der Waals surface area contributed by atoms with Gasteiger partial charge in [0.15, 0.2) is 0 Å². The summed E-state index contributed by atoms with van der Waals surface area (Å²) in [5.41, 5.74) is 1.91. The molecule has 5 nitrogen and oxygen atoms in total. The van der Waals surface area contributed by atoms with Crippen molar-refractivity contribution in [3.05, 3.63) is 48.3 Å². The predicted octanol–water partition coefficient (Wildman–Crippen LogP) is 1.73. The number of carbonyl (C=O) groups excluding carboxylic acids is 1. The summed E-state index contributed by atoms with van der Waals surface area (Å²) in [4.78, 5) is 11.9. The molecule has 2 rings (SSSR count). The van der Waals surface area contributed by atoms with Crippen LogP contribution >= 0.6 is 0 Å². The Morgan fingerprint density at radius 1 is 1.35 bits per heavy atom. The van der Waals surface area contributed by atoms with Gasteiger partial charge in [-0.05, 0) is 12.6 Å². The summed E-state index contributed by atoms with van der Waals surface area (Å²) < 4.78 is 1.81. The van der Waals surface area contributed by atoms with Crippen LogP contribution in [0.25, 0.3) is 0 Å². The molecule has 1 unspecified atom stereocenters. The first-order chi connectivity index (χ1) is 9.69. The van der Waals surface area contributed by atoms with E-state index >= 15 is 0 Å². The molecule has 0 saturated heterocycles. The number of amides is 1. The van der Waals surface area contributed by atoms with Crippen LogP contribution in [0.4, 0.5) is 5.69 Å². The molecule has 1 aromatic carbocycles. The standard InChI is InChI=1S/C15H20N4O/c1-12(8-16-2)15(20)18-14-9-17-19(11-14)10-13-6-4-3-5-7-13/h3-7,9,11-12,16H,8,10H2,1-2H3,(H,18,20). The summed E-state index contributed by atoms with van der Waals surface area (Å²) in [5, 5.41) is 10.1. The van der Waals surface area contributed by atoms with Crippen molar-refractivity contribution in [1.82, 2.24) is 15.1 Å². The average molecular weight is 272 g/mol. The van der Waals surface area contributed by atoms with Gasteiger partial charge < -0.3 is 10.6 Å². The Morgan fingerprint density at radius 3 is 2.80 bits per heavy atom. The molecule has 2 N–H and O–H groups in total. The number of carbonyl (C=O) groups is 1. The Labute approximate surface area is 119 Å². The number of benzene rings is 1. The Hall–Kier alpha value is -2.14. The second-order valence-electron chi connectivity index (χ2n) is 4.86. The van der Waals surface area contributed by atoms with E-state index in [4.69, 9.17) is 0 Å². The number of nitrogens with one attached hydrogen (secondary N) is 2. The zero-order chi connectivity index (χ0) is 14.4. The van der Waals surface area contributed by atoms with Gasteiger partial charge in [-0.25, -0.2) is 0 Å². The minimum atomic E-state index is -0.0718. The molecule has 5 heteroatoms.